The topological polar surface area (TPSA) is 25.1 Å². The van der Waals surface area contributed by atoms with E-state index in [1.807, 2.05) is 0 Å². The molecule has 2 fully saturated rings. The second kappa shape index (κ2) is 3.96. The molecule has 0 radical (unpaired) electrons. The third kappa shape index (κ3) is 1.83. The van der Waals surface area contributed by atoms with Crippen molar-refractivity contribution in [3.8, 4) is 0 Å². The van der Waals surface area contributed by atoms with E-state index in [0.717, 1.165) is 13.8 Å². The second-order valence-corrected chi connectivity index (χ2v) is 4.92. The van der Waals surface area contributed by atoms with Crippen molar-refractivity contribution in [2.24, 2.45) is 0 Å². The highest BCUT2D eigenvalue weighted by Gasteiger charge is 2.87. The lowest BCUT2D eigenvalue weighted by Gasteiger charge is -2.35. The summed E-state index contributed by atoms with van der Waals surface area (Å²) in [6.07, 6.45) is -7.85. The quantitative estimate of drug-likeness (QED) is 0.575. The third-order valence-corrected chi connectivity index (χ3v) is 3.37. The van der Waals surface area contributed by atoms with Crippen LogP contribution < -0.4 is 0 Å². The van der Waals surface area contributed by atoms with Gasteiger partial charge in [-0.1, -0.05) is 0 Å². The number of hydrogen-bond acceptors (Lipinski definition) is 2. The molecule has 0 aliphatic carbocycles. The summed E-state index contributed by atoms with van der Waals surface area (Å²) in [6, 6.07) is 0. The van der Waals surface area contributed by atoms with Crippen LogP contribution >= 0.6 is 0 Å². The molecule has 4 atom stereocenters. The summed E-state index contributed by atoms with van der Waals surface area (Å²) in [7, 11) is 0. The molecule has 20 heavy (non-hydrogen) atoms. The first-order valence-corrected chi connectivity index (χ1v) is 5.60. The van der Waals surface area contributed by atoms with Gasteiger partial charge in [-0.25, -0.2) is 0 Å². The molecule has 0 saturated carbocycles. The number of alkyl halides is 8. The van der Waals surface area contributed by atoms with E-state index in [0.29, 0.717) is 0 Å². The summed E-state index contributed by atoms with van der Waals surface area (Å²) >= 11 is 0. The molecule has 0 unspecified atom stereocenters. The van der Waals surface area contributed by atoms with Gasteiger partial charge in [-0.3, -0.25) is 0 Å². The molecule has 2 rings (SSSR count). The summed E-state index contributed by atoms with van der Waals surface area (Å²) in [5.41, 5.74) is 0. The zero-order valence-corrected chi connectivity index (χ0v) is 10.1. The van der Waals surface area contributed by atoms with Crippen LogP contribution in [0, 0.1) is 0 Å². The lowest BCUT2D eigenvalue weighted by Crippen LogP contribution is -2.65. The van der Waals surface area contributed by atoms with Gasteiger partial charge in [0, 0.05) is 0 Å². The normalized spacial score (nSPS) is 35.1. The summed E-state index contributed by atoms with van der Waals surface area (Å²) in [5.74, 6) is -23.4. The van der Waals surface area contributed by atoms with Crippen LogP contribution in [0.1, 0.15) is 13.8 Å². The van der Waals surface area contributed by atoms with E-state index >= 15 is 0 Å². The Morgan fingerprint density at radius 3 is 0.950 bits per heavy atom. The minimum absolute atomic E-state index is 0.941. The SMILES string of the molecule is C[C@@H]1O[C@@H]1C(F)(F)C(F)(F)C(F)(F)C(F)(F)[C@@H]1O[C@@H]1C. The first-order chi connectivity index (χ1) is 8.78. The van der Waals surface area contributed by atoms with Gasteiger partial charge in [0.2, 0.25) is 0 Å². The van der Waals surface area contributed by atoms with Crippen LogP contribution in [0.4, 0.5) is 35.1 Å². The van der Waals surface area contributed by atoms with E-state index in [2.05, 4.69) is 9.47 Å². The summed E-state index contributed by atoms with van der Waals surface area (Å²) in [4.78, 5) is 0. The molecule has 0 bridgehead atoms. The molecular formula is C10H10F8O2. The molecule has 2 saturated heterocycles. The molecule has 0 aromatic carbocycles. The van der Waals surface area contributed by atoms with Gasteiger partial charge in [-0.15, -0.1) is 0 Å². The smallest absolute Gasteiger partial charge is 0.363 e. The highest BCUT2D eigenvalue weighted by Crippen LogP contribution is 2.59. The van der Waals surface area contributed by atoms with Gasteiger partial charge < -0.3 is 9.47 Å². The fourth-order valence-corrected chi connectivity index (χ4v) is 1.91. The minimum Gasteiger partial charge on any atom is -0.363 e. The molecule has 0 N–H and O–H groups in total. The zero-order chi connectivity index (χ0) is 15.7. The average molecular weight is 314 g/mol. The standard InChI is InChI=1S/C10H10F8O2/c1-3-5(19-3)7(11,12)9(15,16)10(17,18)8(13,14)6-4(2)20-6/h3-6H,1-2H3/t3-,4+,5-,6+. The zero-order valence-electron chi connectivity index (χ0n) is 10.1. The van der Waals surface area contributed by atoms with Crippen molar-refractivity contribution in [1.82, 2.24) is 0 Å². The van der Waals surface area contributed by atoms with Crippen molar-refractivity contribution in [3.05, 3.63) is 0 Å². The monoisotopic (exact) mass is 314 g/mol. The van der Waals surface area contributed by atoms with E-state index in [1.54, 1.807) is 0 Å². The predicted molar refractivity (Wildman–Crippen MR) is 48.5 cm³/mol. The van der Waals surface area contributed by atoms with Gasteiger partial charge in [0.1, 0.15) is 0 Å². The fraction of sp³-hybridized carbons (Fsp3) is 1.00. The summed E-state index contributed by atoms with van der Waals surface area (Å²) < 4.78 is 115. The van der Waals surface area contributed by atoms with Crippen LogP contribution in [-0.2, 0) is 9.47 Å². The lowest BCUT2D eigenvalue weighted by molar-refractivity contribution is -0.371. The minimum atomic E-state index is -6.27. The molecule has 0 aromatic rings. The van der Waals surface area contributed by atoms with Gasteiger partial charge in [0.15, 0.2) is 12.2 Å². The van der Waals surface area contributed by atoms with Crippen molar-refractivity contribution in [1.29, 1.82) is 0 Å². The van der Waals surface area contributed by atoms with E-state index in [9.17, 15) is 35.1 Å². The Morgan fingerprint density at radius 2 is 0.800 bits per heavy atom. The van der Waals surface area contributed by atoms with Crippen LogP contribution in [0.2, 0.25) is 0 Å². The second-order valence-electron chi connectivity index (χ2n) is 4.92. The molecule has 2 aliphatic heterocycles. The molecule has 0 amide bonds. The largest absolute Gasteiger partial charge is 0.381 e. The van der Waals surface area contributed by atoms with Crippen molar-refractivity contribution in [2.75, 3.05) is 0 Å². The maximum atomic E-state index is 13.3. The first kappa shape index (κ1) is 15.7. The van der Waals surface area contributed by atoms with Crippen LogP contribution in [0.15, 0.2) is 0 Å². The molecule has 2 heterocycles. The maximum Gasteiger partial charge on any atom is 0.381 e. The summed E-state index contributed by atoms with van der Waals surface area (Å²) in [6.45, 7) is 1.88. The van der Waals surface area contributed by atoms with Crippen LogP contribution in [-0.4, -0.2) is 48.1 Å². The van der Waals surface area contributed by atoms with Gasteiger partial charge in [-0.05, 0) is 13.8 Å². The third-order valence-electron chi connectivity index (χ3n) is 3.37. The van der Waals surface area contributed by atoms with Gasteiger partial charge in [-0.2, -0.15) is 35.1 Å². The Balaban J connectivity index is 2.31. The Bertz CT molecular complexity index is 372. The number of hydrogen-bond donors (Lipinski definition) is 0. The van der Waals surface area contributed by atoms with E-state index < -0.39 is 48.1 Å². The molecule has 0 spiro atoms. The predicted octanol–water partition coefficient (Wildman–Crippen LogP) is 3.10. The Labute approximate surface area is 108 Å². The number of epoxide rings is 2. The number of halogens is 8. The van der Waals surface area contributed by atoms with E-state index in [4.69, 9.17) is 0 Å². The molecule has 0 aromatic heterocycles. The Hall–Kier alpha value is -0.640. The van der Waals surface area contributed by atoms with Crippen molar-refractivity contribution in [3.63, 3.8) is 0 Å². The first-order valence-electron chi connectivity index (χ1n) is 5.60. The van der Waals surface area contributed by atoms with Crippen molar-refractivity contribution >= 4 is 0 Å². The van der Waals surface area contributed by atoms with Crippen LogP contribution in [0.25, 0.3) is 0 Å². The molecule has 10 heteroatoms. The maximum absolute atomic E-state index is 13.3. The Morgan fingerprint density at radius 1 is 0.600 bits per heavy atom. The van der Waals surface area contributed by atoms with Crippen LogP contribution in [0.5, 0.6) is 0 Å². The highest BCUT2D eigenvalue weighted by molar-refractivity contribution is 5.14. The summed E-state index contributed by atoms with van der Waals surface area (Å²) in [5, 5.41) is 0. The molecule has 2 aliphatic rings. The molecule has 2 nitrogen and oxygen atoms in total. The Kier molecular flexibility index (Phi) is 3.12. The number of rotatable bonds is 5. The highest BCUT2D eigenvalue weighted by atomic mass is 19.4. The van der Waals surface area contributed by atoms with Gasteiger partial charge >= 0.3 is 23.7 Å². The fourth-order valence-electron chi connectivity index (χ4n) is 1.91. The van der Waals surface area contributed by atoms with Crippen molar-refractivity contribution in [2.45, 2.75) is 62.0 Å². The van der Waals surface area contributed by atoms with E-state index in [-0.39, 0.29) is 0 Å². The lowest BCUT2D eigenvalue weighted by atomic mass is 9.93. The van der Waals surface area contributed by atoms with Crippen LogP contribution in [0.3, 0.4) is 0 Å². The molecular weight excluding hydrogens is 304 g/mol. The molecule has 118 valence electrons. The van der Waals surface area contributed by atoms with Gasteiger partial charge in [0.25, 0.3) is 0 Å². The van der Waals surface area contributed by atoms with Gasteiger partial charge in [0.05, 0.1) is 12.2 Å². The average Bonchev–Trinajstić information content (AvgIpc) is 3.16. The van der Waals surface area contributed by atoms with Crippen molar-refractivity contribution < 1.29 is 44.6 Å². The number of ether oxygens (including phenoxy) is 2. The van der Waals surface area contributed by atoms with E-state index in [1.165, 1.54) is 0 Å².